The standard InChI is InChI=1S/C21H31ClN6O.HI/c1-4-23-21(25-18-8-10-28(11-9-18)14-15(2)3)24-13-19-26-20(27-29-19)16-6-5-7-17(22)12-16;/h5-7,12,15,18H,4,8-11,13-14H2,1-3H3,(H2,23,24,25);1H. The van der Waals surface area contributed by atoms with Gasteiger partial charge in [0.05, 0.1) is 0 Å². The monoisotopic (exact) mass is 546 g/mol. The number of halogens is 2. The van der Waals surface area contributed by atoms with E-state index < -0.39 is 0 Å². The second kappa shape index (κ2) is 12.5. The molecule has 7 nitrogen and oxygen atoms in total. The van der Waals surface area contributed by atoms with Crippen molar-refractivity contribution in [1.82, 2.24) is 25.7 Å². The lowest BCUT2D eigenvalue weighted by Gasteiger charge is -2.33. The number of likely N-dealkylation sites (tertiary alicyclic amines) is 1. The van der Waals surface area contributed by atoms with Crippen LogP contribution in [-0.4, -0.2) is 53.2 Å². The van der Waals surface area contributed by atoms with Crippen molar-refractivity contribution < 1.29 is 4.52 Å². The molecule has 3 rings (SSSR count). The molecule has 0 atom stereocenters. The molecule has 1 aliphatic rings. The van der Waals surface area contributed by atoms with Gasteiger partial charge in [0.1, 0.15) is 6.54 Å². The molecule has 1 saturated heterocycles. The molecule has 2 N–H and O–H groups in total. The largest absolute Gasteiger partial charge is 0.357 e. The summed E-state index contributed by atoms with van der Waals surface area (Å²) in [5, 5.41) is 11.5. The lowest BCUT2D eigenvalue weighted by atomic mass is 10.0. The van der Waals surface area contributed by atoms with Crippen molar-refractivity contribution in [1.29, 1.82) is 0 Å². The Labute approximate surface area is 201 Å². The Kier molecular flexibility index (Phi) is 10.3. The van der Waals surface area contributed by atoms with Gasteiger partial charge in [-0.2, -0.15) is 4.98 Å². The van der Waals surface area contributed by atoms with E-state index in [-0.39, 0.29) is 24.0 Å². The van der Waals surface area contributed by atoms with Gasteiger partial charge in [-0.3, -0.25) is 0 Å². The number of piperidine rings is 1. The number of rotatable bonds is 7. The molecule has 0 radical (unpaired) electrons. The van der Waals surface area contributed by atoms with Crippen LogP contribution < -0.4 is 10.6 Å². The molecule has 1 fully saturated rings. The highest BCUT2D eigenvalue weighted by Crippen LogP contribution is 2.20. The van der Waals surface area contributed by atoms with E-state index in [2.05, 4.69) is 51.4 Å². The highest BCUT2D eigenvalue weighted by Gasteiger charge is 2.20. The Bertz CT molecular complexity index is 804. The van der Waals surface area contributed by atoms with Crippen LogP contribution in [0.15, 0.2) is 33.8 Å². The van der Waals surface area contributed by atoms with Gasteiger partial charge in [-0.25, -0.2) is 4.99 Å². The van der Waals surface area contributed by atoms with E-state index >= 15 is 0 Å². The van der Waals surface area contributed by atoms with Gasteiger partial charge in [-0.15, -0.1) is 24.0 Å². The second-order valence-electron chi connectivity index (χ2n) is 7.83. The number of guanidine groups is 1. The van der Waals surface area contributed by atoms with Crippen LogP contribution in [0.1, 0.15) is 39.5 Å². The van der Waals surface area contributed by atoms with Crippen LogP contribution >= 0.6 is 35.6 Å². The smallest absolute Gasteiger partial charge is 0.248 e. The molecule has 1 aromatic carbocycles. The summed E-state index contributed by atoms with van der Waals surface area (Å²) >= 11 is 6.04. The Morgan fingerprint density at radius 2 is 2.10 bits per heavy atom. The molecule has 1 aliphatic heterocycles. The maximum absolute atomic E-state index is 6.04. The molecular formula is C21H32ClIN6O. The summed E-state index contributed by atoms with van der Waals surface area (Å²) in [6.45, 7) is 11.2. The zero-order valence-electron chi connectivity index (χ0n) is 17.9. The summed E-state index contributed by atoms with van der Waals surface area (Å²) in [6.07, 6.45) is 2.24. The third kappa shape index (κ3) is 7.70. The van der Waals surface area contributed by atoms with Gasteiger partial charge in [0.15, 0.2) is 5.96 Å². The first-order valence-corrected chi connectivity index (χ1v) is 10.8. The fourth-order valence-corrected chi connectivity index (χ4v) is 3.69. The van der Waals surface area contributed by atoms with Gasteiger partial charge in [-0.05, 0) is 37.8 Å². The normalized spacial score (nSPS) is 15.8. The van der Waals surface area contributed by atoms with Gasteiger partial charge < -0.3 is 20.1 Å². The first-order valence-electron chi connectivity index (χ1n) is 10.4. The minimum Gasteiger partial charge on any atom is -0.357 e. The predicted molar refractivity (Wildman–Crippen MR) is 132 cm³/mol. The van der Waals surface area contributed by atoms with Gasteiger partial charge in [0, 0.05) is 42.8 Å². The Morgan fingerprint density at radius 1 is 1.33 bits per heavy atom. The van der Waals surface area contributed by atoms with Gasteiger partial charge in [-0.1, -0.05) is 42.7 Å². The fourth-order valence-electron chi connectivity index (χ4n) is 3.50. The van der Waals surface area contributed by atoms with Crippen molar-refractivity contribution in [3.05, 3.63) is 35.2 Å². The maximum atomic E-state index is 6.04. The third-order valence-electron chi connectivity index (χ3n) is 4.82. The van der Waals surface area contributed by atoms with Crippen LogP contribution in [-0.2, 0) is 6.54 Å². The predicted octanol–water partition coefficient (Wildman–Crippen LogP) is 4.18. The number of aromatic nitrogens is 2. The van der Waals surface area contributed by atoms with E-state index in [1.165, 1.54) is 6.54 Å². The SMILES string of the molecule is CCNC(=NCc1nc(-c2cccc(Cl)c2)no1)NC1CCN(CC(C)C)CC1.I. The first-order chi connectivity index (χ1) is 14.0. The molecule has 1 aromatic heterocycles. The summed E-state index contributed by atoms with van der Waals surface area (Å²) in [7, 11) is 0. The van der Waals surface area contributed by atoms with Crippen molar-refractivity contribution in [3.63, 3.8) is 0 Å². The van der Waals surface area contributed by atoms with Crippen LogP contribution in [0.25, 0.3) is 11.4 Å². The summed E-state index contributed by atoms with van der Waals surface area (Å²) in [6, 6.07) is 7.84. The molecule has 0 saturated carbocycles. The average molecular weight is 547 g/mol. The molecule has 0 amide bonds. The minimum absolute atomic E-state index is 0. The number of nitrogens with zero attached hydrogens (tertiary/aromatic N) is 4. The minimum atomic E-state index is 0. The van der Waals surface area contributed by atoms with Gasteiger partial charge >= 0.3 is 0 Å². The van der Waals surface area contributed by atoms with E-state index in [0.717, 1.165) is 44.0 Å². The fraction of sp³-hybridized carbons (Fsp3) is 0.571. The lowest BCUT2D eigenvalue weighted by molar-refractivity contribution is 0.187. The molecule has 166 valence electrons. The van der Waals surface area contributed by atoms with Gasteiger partial charge in [0.25, 0.3) is 0 Å². The Balaban J connectivity index is 0.00000320. The van der Waals surface area contributed by atoms with E-state index in [1.807, 2.05) is 24.3 Å². The van der Waals surface area contributed by atoms with Crippen LogP contribution in [0.2, 0.25) is 5.02 Å². The first kappa shape index (κ1) is 24.9. The molecule has 0 aliphatic carbocycles. The summed E-state index contributed by atoms with van der Waals surface area (Å²) < 4.78 is 5.35. The Hall–Kier alpha value is -1.39. The maximum Gasteiger partial charge on any atom is 0.248 e. The third-order valence-corrected chi connectivity index (χ3v) is 5.05. The molecule has 0 bridgehead atoms. The molecule has 30 heavy (non-hydrogen) atoms. The highest BCUT2D eigenvalue weighted by molar-refractivity contribution is 14.0. The zero-order chi connectivity index (χ0) is 20.6. The van der Waals surface area contributed by atoms with Crippen molar-refractivity contribution >= 4 is 41.5 Å². The molecule has 0 spiro atoms. The van der Waals surface area contributed by atoms with Crippen molar-refractivity contribution in [2.75, 3.05) is 26.2 Å². The quantitative estimate of drug-likeness (QED) is 0.308. The molecular weight excluding hydrogens is 515 g/mol. The van der Waals surface area contributed by atoms with E-state index in [0.29, 0.717) is 35.2 Å². The van der Waals surface area contributed by atoms with Crippen molar-refractivity contribution in [2.45, 2.75) is 46.2 Å². The van der Waals surface area contributed by atoms with Crippen molar-refractivity contribution in [2.24, 2.45) is 10.9 Å². The number of aliphatic imine (C=N–C) groups is 1. The van der Waals surface area contributed by atoms with Crippen LogP contribution in [0, 0.1) is 5.92 Å². The number of nitrogens with one attached hydrogen (secondary N) is 2. The average Bonchev–Trinajstić information content (AvgIpc) is 3.16. The van der Waals surface area contributed by atoms with E-state index in [9.17, 15) is 0 Å². The molecule has 9 heteroatoms. The van der Waals surface area contributed by atoms with Crippen LogP contribution in [0.4, 0.5) is 0 Å². The summed E-state index contributed by atoms with van der Waals surface area (Å²) in [5.74, 6) is 2.50. The molecule has 2 heterocycles. The zero-order valence-corrected chi connectivity index (χ0v) is 21.0. The van der Waals surface area contributed by atoms with Crippen LogP contribution in [0.5, 0.6) is 0 Å². The number of hydrogen-bond acceptors (Lipinski definition) is 5. The number of benzene rings is 1. The topological polar surface area (TPSA) is 78.6 Å². The van der Waals surface area contributed by atoms with Gasteiger partial charge in [0.2, 0.25) is 11.7 Å². The Morgan fingerprint density at radius 3 is 2.77 bits per heavy atom. The molecule has 0 unspecified atom stereocenters. The van der Waals surface area contributed by atoms with Crippen molar-refractivity contribution in [3.8, 4) is 11.4 Å². The highest BCUT2D eigenvalue weighted by atomic mass is 127. The summed E-state index contributed by atoms with van der Waals surface area (Å²) in [5.41, 5.74) is 0.828. The molecule has 2 aromatic rings. The lowest BCUT2D eigenvalue weighted by Crippen LogP contribution is -2.49. The number of hydrogen-bond donors (Lipinski definition) is 2. The van der Waals surface area contributed by atoms with E-state index in [4.69, 9.17) is 16.1 Å². The summed E-state index contributed by atoms with van der Waals surface area (Å²) in [4.78, 5) is 11.6. The second-order valence-corrected chi connectivity index (χ2v) is 8.27. The van der Waals surface area contributed by atoms with E-state index in [1.54, 1.807) is 0 Å². The van der Waals surface area contributed by atoms with Crippen LogP contribution in [0.3, 0.4) is 0 Å².